The van der Waals surface area contributed by atoms with Gasteiger partial charge in [0.15, 0.2) is 5.95 Å². The van der Waals surface area contributed by atoms with Gasteiger partial charge in [0.1, 0.15) is 11.5 Å². The Morgan fingerprint density at radius 1 is 1.32 bits per heavy atom. The van der Waals surface area contributed by atoms with Crippen LogP contribution in [-0.4, -0.2) is 35.3 Å². The number of likely N-dealkylation sites (N-methyl/N-ethyl adjacent to an activating group) is 1. The number of rotatable bonds is 7. The minimum Gasteiger partial charge on any atom is -0.376 e. The van der Waals surface area contributed by atoms with E-state index in [9.17, 15) is 8.78 Å². The summed E-state index contributed by atoms with van der Waals surface area (Å²) in [7, 11) is 3.95. The standard InChI is InChI=1S/C19H22F2N4/c1-4-5-15(12-18(21)22)17-13-25(11-10-24(2)3)23-19(17)14-6-8-16(20)9-7-14/h4-9,12-13H,1,10-11,22H2,2-3H3/b15-5+,18-12-. The normalized spacial score (nSPS) is 12.7. The van der Waals surface area contributed by atoms with Gasteiger partial charge in [0.05, 0.1) is 6.54 Å². The highest BCUT2D eigenvalue weighted by Gasteiger charge is 2.14. The predicted molar refractivity (Wildman–Crippen MR) is 97.7 cm³/mol. The number of hydrogen-bond acceptors (Lipinski definition) is 3. The molecule has 0 bridgehead atoms. The summed E-state index contributed by atoms with van der Waals surface area (Å²) in [6.45, 7) is 5.12. The van der Waals surface area contributed by atoms with Crippen molar-refractivity contribution in [1.82, 2.24) is 14.7 Å². The molecule has 6 heteroatoms. The molecule has 0 spiro atoms. The van der Waals surface area contributed by atoms with Gasteiger partial charge in [-0.25, -0.2) is 4.39 Å². The third kappa shape index (κ3) is 5.12. The first kappa shape index (κ1) is 18.6. The molecule has 0 unspecified atom stereocenters. The van der Waals surface area contributed by atoms with Crippen LogP contribution in [0.25, 0.3) is 16.8 Å². The Kier molecular flexibility index (Phi) is 6.25. The summed E-state index contributed by atoms with van der Waals surface area (Å²) in [4.78, 5) is 2.04. The largest absolute Gasteiger partial charge is 0.376 e. The van der Waals surface area contributed by atoms with Crippen LogP contribution in [0.3, 0.4) is 0 Å². The van der Waals surface area contributed by atoms with Gasteiger partial charge in [-0.3, -0.25) is 4.68 Å². The second-order valence-electron chi connectivity index (χ2n) is 5.85. The third-order valence-corrected chi connectivity index (χ3v) is 3.56. The van der Waals surface area contributed by atoms with E-state index in [-0.39, 0.29) is 5.82 Å². The number of hydrogen-bond donors (Lipinski definition) is 1. The van der Waals surface area contributed by atoms with Crippen molar-refractivity contribution in [3.05, 3.63) is 72.6 Å². The van der Waals surface area contributed by atoms with Crippen LogP contribution >= 0.6 is 0 Å². The van der Waals surface area contributed by atoms with Crippen LogP contribution in [0.4, 0.5) is 8.78 Å². The van der Waals surface area contributed by atoms with E-state index in [1.165, 1.54) is 18.2 Å². The molecule has 0 saturated carbocycles. The van der Waals surface area contributed by atoms with Gasteiger partial charge in [-0.15, -0.1) is 0 Å². The van der Waals surface area contributed by atoms with Gasteiger partial charge < -0.3 is 10.6 Å². The summed E-state index contributed by atoms with van der Waals surface area (Å²) in [6, 6.07) is 6.03. The number of halogens is 2. The fraction of sp³-hybridized carbons (Fsp3) is 0.211. The zero-order valence-corrected chi connectivity index (χ0v) is 14.4. The fourth-order valence-corrected chi connectivity index (χ4v) is 2.36. The van der Waals surface area contributed by atoms with Crippen LogP contribution in [0.15, 0.2) is 61.2 Å². The smallest absolute Gasteiger partial charge is 0.185 e. The average Bonchev–Trinajstić information content (AvgIpc) is 2.97. The second kappa shape index (κ2) is 8.39. The van der Waals surface area contributed by atoms with E-state index >= 15 is 0 Å². The molecule has 1 aromatic heterocycles. The molecule has 0 fully saturated rings. The molecule has 2 rings (SSSR count). The van der Waals surface area contributed by atoms with Gasteiger partial charge in [0, 0.05) is 23.9 Å². The van der Waals surface area contributed by atoms with Gasteiger partial charge in [-0.2, -0.15) is 9.49 Å². The minimum absolute atomic E-state index is 0.327. The Morgan fingerprint density at radius 3 is 2.56 bits per heavy atom. The lowest BCUT2D eigenvalue weighted by Gasteiger charge is -2.08. The molecule has 0 aliphatic heterocycles. The van der Waals surface area contributed by atoms with Crippen LogP contribution in [0.1, 0.15) is 5.56 Å². The van der Waals surface area contributed by atoms with Crippen LogP contribution in [0.5, 0.6) is 0 Å². The SMILES string of the molecule is C=C/C=C(\C=C(/N)F)c1cn(CCN(C)C)nc1-c1ccc(F)cc1. The fourth-order valence-electron chi connectivity index (χ4n) is 2.36. The lowest BCUT2D eigenvalue weighted by atomic mass is 10.0. The van der Waals surface area contributed by atoms with Crippen molar-refractivity contribution in [3.63, 3.8) is 0 Å². The molecule has 25 heavy (non-hydrogen) atoms. The van der Waals surface area contributed by atoms with Gasteiger partial charge in [0.25, 0.3) is 0 Å². The highest BCUT2D eigenvalue weighted by molar-refractivity contribution is 5.84. The number of aromatic nitrogens is 2. The van der Waals surface area contributed by atoms with E-state index in [0.717, 1.165) is 12.1 Å². The lowest BCUT2D eigenvalue weighted by molar-refractivity contribution is 0.373. The zero-order valence-electron chi connectivity index (χ0n) is 14.4. The molecule has 0 aliphatic rings. The first-order chi connectivity index (χ1) is 11.9. The monoisotopic (exact) mass is 344 g/mol. The Balaban J connectivity index is 2.54. The van der Waals surface area contributed by atoms with Crippen LogP contribution in [-0.2, 0) is 6.54 Å². The predicted octanol–water partition coefficient (Wildman–Crippen LogP) is 3.59. The van der Waals surface area contributed by atoms with E-state index in [2.05, 4.69) is 11.7 Å². The summed E-state index contributed by atoms with van der Waals surface area (Å²) >= 11 is 0. The maximum atomic E-state index is 13.3. The van der Waals surface area contributed by atoms with Crippen molar-refractivity contribution < 1.29 is 8.78 Å². The van der Waals surface area contributed by atoms with Crippen molar-refractivity contribution in [2.45, 2.75) is 6.54 Å². The van der Waals surface area contributed by atoms with Gasteiger partial charge in [-0.1, -0.05) is 18.7 Å². The van der Waals surface area contributed by atoms with Crippen molar-refractivity contribution in [1.29, 1.82) is 0 Å². The lowest BCUT2D eigenvalue weighted by Crippen LogP contribution is -2.18. The molecule has 1 heterocycles. The Morgan fingerprint density at radius 2 is 2.00 bits per heavy atom. The molecule has 4 nitrogen and oxygen atoms in total. The third-order valence-electron chi connectivity index (χ3n) is 3.56. The maximum Gasteiger partial charge on any atom is 0.185 e. The van der Waals surface area contributed by atoms with E-state index in [1.54, 1.807) is 29.0 Å². The Bertz CT molecular complexity index is 782. The van der Waals surface area contributed by atoms with Crippen LogP contribution < -0.4 is 5.73 Å². The molecule has 0 aliphatic carbocycles. The summed E-state index contributed by atoms with van der Waals surface area (Å²) in [5.74, 6) is -1.13. The maximum absolute atomic E-state index is 13.3. The summed E-state index contributed by atoms with van der Waals surface area (Å²) in [5.41, 5.74) is 7.82. The number of benzene rings is 1. The molecular weight excluding hydrogens is 322 g/mol. The number of nitrogens with zero attached hydrogens (tertiary/aromatic N) is 3. The van der Waals surface area contributed by atoms with Gasteiger partial charge in [-0.05, 0) is 50.0 Å². The van der Waals surface area contributed by atoms with E-state index in [0.29, 0.717) is 23.4 Å². The minimum atomic E-state index is -0.806. The average molecular weight is 344 g/mol. The van der Waals surface area contributed by atoms with Crippen LogP contribution in [0, 0.1) is 5.82 Å². The number of allylic oxidation sites excluding steroid dienone is 4. The highest BCUT2D eigenvalue weighted by Crippen LogP contribution is 2.29. The number of nitrogens with two attached hydrogens (primary N) is 1. The first-order valence-electron chi connectivity index (χ1n) is 7.84. The summed E-state index contributed by atoms with van der Waals surface area (Å²) < 4.78 is 28.3. The molecule has 2 aromatic rings. The van der Waals surface area contributed by atoms with Crippen molar-refractivity contribution in [2.75, 3.05) is 20.6 Å². The summed E-state index contributed by atoms with van der Waals surface area (Å²) in [6.07, 6.45) is 6.27. The molecule has 0 atom stereocenters. The molecule has 0 radical (unpaired) electrons. The highest BCUT2D eigenvalue weighted by atomic mass is 19.1. The quantitative estimate of drug-likeness (QED) is 0.617. The molecule has 2 N–H and O–H groups in total. The van der Waals surface area contributed by atoms with Gasteiger partial charge in [0.2, 0.25) is 0 Å². The van der Waals surface area contributed by atoms with E-state index in [1.807, 2.05) is 25.2 Å². The van der Waals surface area contributed by atoms with Crippen molar-refractivity contribution in [2.24, 2.45) is 5.73 Å². The van der Waals surface area contributed by atoms with Crippen LogP contribution in [0.2, 0.25) is 0 Å². The van der Waals surface area contributed by atoms with Crippen molar-refractivity contribution >= 4 is 5.57 Å². The second-order valence-corrected chi connectivity index (χ2v) is 5.85. The van der Waals surface area contributed by atoms with E-state index in [4.69, 9.17) is 5.73 Å². The zero-order chi connectivity index (χ0) is 18.4. The molecule has 0 saturated heterocycles. The molecule has 1 aromatic carbocycles. The summed E-state index contributed by atoms with van der Waals surface area (Å²) in [5, 5.41) is 4.59. The van der Waals surface area contributed by atoms with Crippen molar-refractivity contribution in [3.8, 4) is 11.3 Å². The van der Waals surface area contributed by atoms with Gasteiger partial charge >= 0.3 is 0 Å². The molecule has 0 amide bonds. The van der Waals surface area contributed by atoms with E-state index < -0.39 is 5.95 Å². The Labute approximate surface area is 146 Å². The topological polar surface area (TPSA) is 47.1 Å². The molecular formula is C19H22F2N4. The first-order valence-corrected chi connectivity index (χ1v) is 7.84. The Hall–Kier alpha value is -2.73. The molecule has 132 valence electrons.